The third-order valence-electron chi connectivity index (χ3n) is 4.95. The zero-order chi connectivity index (χ0) is 22.6. The van der Waals surface area contributed by atoms with Gasteiger partial charge in [0.25, 0.3) is 0 Å². The zero-order valence-corrected chi connectivity index (χ0v) is 18.7. The lowest BCUT2D eigenvalue weighted by atomic mass is 10.2. The molecule has 0 aliphatic carbocycles. The molecule has 0 radical (unpaired) electrons. The third kappa shape index (κ3) is 4.74. The number of sulfonamides is 1. The molecule has 0 fully saturated rings. The van der Waals surface area contributed by atoms with Crippen molar-refractivity contribution in [1.82, 2.24) is 19.3 Å². The SMILES string of the molecule is CCOc1ccc(Cn2c(CNS(=O)(=O)c3ccc(OC)cc3)nc3cccnc32)cc1. The first-order chi connectivity index (χ1) is 15.5. The molecule has 2 aromatic heterocycles. The number of hydrogen-bond acceptors (Lipinski definition) is 6. The van der Waals surface area contributed by atoms with E-state index in [2.05, 4.69) is 14.7 Å². The fourth-order valence-electron chi connectivity index (χ4n) is 3.34. The lowest BCUT2D eigenvalue weighted by Crippen LogP contribution is -2.25. The molecule has 9 heteroatoms. The second-order valence-electron chi connectivity index (χ2n) is 7.04. The van der Waals surface area contributed by atoms with Gasteiger partial charge in [0.15, 0.2) is 5.65 Å². The number of fused-ring (bicyclic) bond motifs is 1. The van der Waals surface area contributed by atoms with E-state index in [1.165, 1.54) is 19.2 Å². The Hall–Kier alpha value is -3.43. The smallest absolute Gasteiger partial charge is 0.240 e. The average molecular weight is 453 g/mol. The fourth-order valence-corrected chi connectivity index (χ4v) is 4.32. The monoisotopic (exact) mass is 452 g/mol. The van der Waals surface area contributed by atoms with E-state index < -0.39 is 10.0 Å². The molecule has 32 heavy (non-hydrogen) atoms. The van der Waals surface area contributed by atoms with Crippen LogP contribution in [0.5, 0.6) is 11.5 Å². The van der Waals surface area contributed by atoms with Gasteiger partial charge in [-0.2, -0.15) is 0 Å². The summed E-state index contributed by atoms with van der Waals surface area (Å²) in [6.45, 7) is 3.08. The minimum absolute atomic E-state index is 0.0295. The molecule has 0 unspecified atom stereocenters. The van der Waals surface area contributed by atoms with Crippen LogP contribution < -0.4 is 14.2 Å². The molecular formula is C23H24N4O4S. The van der Waals surface area contributed by atoms with Gasteiger partial charge in [0.05, 0.1) is 31.7 Å². The van der Waals surface area contributed by atoms with Gasteiger partial charge in [-0.1, -0.05) is 12.1 Å². The molecule has 0 aliphatic heterocycles. The molecule has 166 valence electrons. The quantitative estimate of drug-likeness (QED) is 0.418. The van der Waals surface area contributed by atoms with Gasteiger partial charge in [-0.3, -0.25) is 0 Å². The summed E-state index contributed by atoms with van der Waals surface area (Å²) in [6, 6.07) is 17.7. The highest BCUT2D eigenvalue weighted by molar-refractivity contribution is 7.89. The second kappa shape index (κ2) is 9.37. The van der Waals surface area contributed by atoms with Crippen LogP contribution in [0.2, 0.25) is 0 Å². The molecule has 2 heterocycles. The maximum absolute atomic E-state index is 12.8. The minimum atomic E-state index is -3.72. The second-order valence-corrected chi connectivity index (χ2v) is 8.80. The van der Waals surface area contributed by atoms with Crippen molar-refractivity contribution < 1.29 is 17.9 Å². The maximum atomic E-state index is 12.8. The van der Waals surface area contributed by atoms with Gasteiger partial charge >= 0.3 is 0 Å². The van der Waals surface area contributed by atoms with Crippen molar-refractivity contribution in [3.05, 3.63) is 78.2 Å². The molecule has 0 saturated carbocycles. The Labute approximate surface area is 186 Å². The van der Waals surface area contributed by atoms with Crippen LogP contribution in [0.25, 0.3) is 11.2 Å². The van der Waals surface area contributed by atoms with Crippen molar-refractivity contribution in [3.63, 3.8) is 0 Å². The molecule has 0 atom stereocenters. The summed E-state index contributed by atoms with van der Waals surface area (Å²) < 4.78 is 40.7. The normalized spacial score (nSPS) is 11.6. The van der Waals surface area contributed by atoms with Gasteiger partial charge in [-0.05, 0) is 61.0 Å². The molecular weight excluding hydrogens is 428 g/mol. The Bertz CT molecular complexity index is 1300. The van der Waals surface area contributed by atoms with Gasteiger partial charge in [0, 0.05) is 6.20 Å². The molecule has 0 amide bonds. The Morgan fingerprint density at radius 3 is 2.41 bits per heavy atom. The maximum Gasteiger partial charge on any atom is 0.240 e. The van der Waals surface area contributed by atoms with E-state index in [0.717, 1.165) is 11.3 Å². The third-order valence-corrected chi connectivity index (χ3v) is 6.37. The number of benzene rings is 2. The van der Waals surface area contributed by atoms with Crippen molar-refractivity contribution in [3.8, 4) is 11.5 Å². The van der Waals surface area contributed by atoms with Crippen molar-refractivity contribution >= 4 is 21.2 Å². The average Bonchev–Trinajstić information content (AvgIpc) is 3.16. The fraction of sp³-hybridized carbons (Fsp3) is 0.217. The van der Waals surface area contributed by atoms with E-state index in [4.69, 9.17) is 9.47 Å². The van der Waals surface area contributed by atoms with Crippen LogP contribution in [0.15, 0.2) is 71.8 Å². The van der Waals surface area contributed by atoms with Crippen LogP contribution in [-0.4, -0.2) is 36.7 Å². The number of nitrogens with one attached hydrogen (secondary N) is 1. The van der Waals surface area contributed by atoms with E-state index in [1.54, 1.807) is 18.3 Å². The van der Waals surface area contributed by atoms with Crippen LogP contribution in [-0.2, 0) is 23.1 Å². The first-order valence-electron chi connectivity index (χ1n) is 10.2. The van der Waals surface area contributed by atoms with Crippen LogP contribution in [0.4, 0.5) is 0 Å². The topological polar surface area (TPSA) is 95.3 Å². The lowest BCUT2D eigenvalue weighted by Gasteiger charge is -2.11. The highest BCUT2D eigenvalue weighted by Crippen LogP contribution is 2.20. The van der Waals surface area contributed by atoms with Gasteiger partial charge in [0.2, 0.25) is 10.0 Å². The zero-order valence-electron chi connectivity index (χ0n) is 17.9. The van der Waals surface area contributed by atoms with Crippen molar-refractivity contribution in [2.75, 3.05) is 13.7 Å². The van der Waals surface area contributed by atoms with Gasteiger partial charge < -0.3 is 14.0 Å². The molecule has 0 spiro atoms. The summed E-state index contributed by atoms with van der Waals surface area (Å²) >= 11 is 0. The molecule has 1 N–H and O–H groups in total. The molecule has 8 nitrogen and oxygen atoms in total. The summed E-state index contributed by atoms with van der Waals surface area (Å²) in [6.07, 6.45) is 1.70. The van der Waals surface area contributed by atoms with E-state index in [-0.39, 0.29) is 11.4 Å². The Kier molecular flexibility index (Phi) is 6.38. The van der Waals surface area contributed by atoms with Crippen LogP contribution in [0, 0.1) is 0 Å². The van der Waals surface area contributed by atoms with Crippen LogP contribution >= 0.6 is 0 Å². The number of imidazole rings is 1. The minimum Gasteiger partial charge on any atom is -0.497 e. The van der Waals surface area contributed by atoms with Crippen LogP contribution in [0.3, 0.4) is 0 Å². The number of rotatable bonds is 9. The largest absolute Gasteiger partial charge is 0.497 e. The van der Waals surface area contributed by atoms with Crippen LogP contribution in [0.1, 0.15) is 18.3 Å². The van der Waals surface area contributed by atoms with E-state index >= 15 is 0 Å². The summed E-state index contributed by atoms with van der Waals surface area (Å²) in [4.78, 5) is 9.22. The van der Waals surface area contributed by atoms with Gasteiger partial charge in [0.1, 0.15) is 22.8 Å². The van der Waals surface area contributed by atoms with E-state index in [0.29, 0.717) is 35.9 Å². The number of pyridine rings is 1. The van der Waals surface area contributed by atoms with Crippen molar-refractivity contribution in [1.29, 1.82) is 0 Å². The predicted octanol–water partition coefficient (Wildman–Crippen LogP) is 3.37. The summed E-state index contributed by atoms with van der Waals surface area (Å²) in [5.41, 5.74) is 2.43. The molecule has 0 bridgehead atoms. The van der Waals surface area contributed by atoms with E-state index in [1.807, 2.05) is 47.9 Å². The summed E-state index contributed by atoms with van der Waals surface area (Å²) in [5.74, 6) is 1.97. The molecule has 4 rings (SSSR count). The molecule has 0 saturated heterocycles. The highest BCUT2D eigenvalue weighted by atomic mass is 32.2. The summed E-state index contributed by atoms with van der Waals surface area (Å²) in [5, 5.41) is 0. The number of aromatic nitrogens is 3. The highest BCUT2D eigenvalue weighted by Gasteiger charge is 2.18. The number of ether oxygens (including phenoxy) is 2. The van der Waals surface area contributed by atoms with Gasteiger partial charge in [-0.15, -0.1) is 0 Å². The molecule has 2 aromatic carbocycles. The Balaban J connectivity index is 1.59. The number of methoxy groups -OCH3 is 1. The Morgan fingerprint density at radius 2 is 1.72 bits per heavy atom. The van der Waals surface area contributed by atoms with E-state index in [9.17, 15) is 8.42 Å². The molecule has 4 aromatic rings. The standard InChI is InChI=1S/C23H24N4O4S/c1-3-31-19-8-6-17(7-9-19)16-27-22(26-21-5-4-14-24-23(21)27)15-25-32(28,29)20-12-10-18(30-2)11-13-20/h4-14,25H,3,15-16H2,1-2H3. The summed E-state index contributed by atoms with van der Waals surface area (Å²) in [7, 11) is -2.19. The van der Waals surface area contributed by atoms with Gasteiger partial charge in [-0.25, -0.2) is 23.1 Å². The first-order valence-corrected chi connectivity index (χ1v) is 11.6. The lowest BCUT2D eigenvalue weighted by molar-refractivity contribution is 0.340. The molecule has 0 aliphatic rings. The first kappa shape index (κ1) is 21.8. The predicted molar refractivity (Wildman–Crippen MR) is 121 cm³/mol. The number of hydrogen-bond donors (Lipinski definition) is 1. The Morgan fingerprint density at radius 1 is 1.00 bits per heavy atom. The number of nitrogens with zero attached hydrogens (tertiary/aromatic N) is 3. The van der Waals surface area contributed by atoms with Crippen molar-refractivity contribution in [2.24, 2.45) is 0 Å². The van der Waals surface area contributed by atoms with Crippen molar-refractivity contribution in [2.45, 2.75) is 24.9 Å².